The average Bonchev–Trinajstić information content (AvgIpc) is 3.55. The fourth-order valence-electron chi connectivity index (χ4n) is 3.22. The van der Waals surface area contributed by atoms with Crippen LogP contribution in [0.2, 0.25) is 0 Å². The molecule has 0 aliphatic carbocycles. The van der Waals surface area contributed by atoms with Crippen LogP contribution in [0.1, 0.15) is 183 Å². The molecular formula is C62H110N20. The number of aryl methyl sites for hydroxylation is 9. The first kappa shape index (κ1) is 95.9. The van der Waals surface area contributed by atoms with Crippen molar-refractivity contribution >= 4 is 0 Å². The molecule has 0 atom stereocenters. The topological polar surface area (TPSA) is 258 Å². The largest absolute Gasteiger partial charge is 0.261 e. The molecular weight excluding hydrogens is 1020 g/mol. The highest BCUT2D eigenvalue weighted by Crippen LogP contribution is 1.92. The molecule has 0 unspecified atom stereocenters. The maximum atomic E-state index is 3.92. The number of hydrogen-bond acceptors (Lipinski definition) is 20. The Balaban J connectivity index is -0.0000000857. The Labute approximate surface area is 498 Å². The summed E-state index contributed by atoms with van der Waals surface area (Å²) in [6.07, 6.45) is 29.0. The van der Waals surface area contributed by atoms with E-state index in [4.69, 9.17) is 0 Å². The van der Waals surface area contributed by atoms with E-state index in [1.807, 2.05) is 203 Å². The molecule has 0 saturated carbocycles. The number of nitrogens with zero attached hydrogens (tertiary/aromatic N) is 20. The third-order valence-corrected chi connectivity index (χ3v) is 6.22. The maximum Gasteiger partial charge on any atom is 0.147 e. The Morgan fingerprint density at radius 3 is 0.951 bits per heavy atom. The highest BCUT2D eigenvalue weighted by Gasteiger charge is 1.80. The summed E-state index contributed by atoms with van der Waals surface area (Å²) in [6.45, 7) is 53.2. The van der Waals surface area contributed by atoms with Crippen molar-refractivity contribution in [1.29, 1.82) is 0 Å². The molecule has 458 valence electrons. The molecule has 0 fully saturated rings. The highest BCUT2D eigenvalue weighted by molar-refractivity contribution is 5.11. The Morgan fingerprint density at radius 1 is 0.232 bits per heavy atom. The van der Waals surface area contributed by atoms with Crippen molar-refractivity contribution < 1.29 is 0 Å². The predicted molar refractivity (Wildman–Crippen MR) is 345 cm³/mol. The van der Waals surface area contributed by atoms with Crippen molar-refractivity contribution in [3.05, 3.63) is 206 Å². The highest BCUT2D eigenvalue weighted by atomic mass is 15.1. The van der Waals surface area contributed by atoms with E-state index in [1.54, 1.807) is 81.3 Å². The molecule has 82 heavy (non-hydrogen) atoms. The van der Waals surface area contributed by atoms with Gasteiger partial charge in [-0.25, -0.2) is 49.8 Å². The first-order valence-electron chi connectivity index (χ1n) is 27.8. The molecule has 1 aromatic carbocycles. The van der Waals surface area contributed by atoms with Crippen LogP contribution >= 0.6 is 0 Å². The first-order chi connectivity index (χ1) is 39.5. The van der Waals surface area contributed by atoms with Gasteiger partial charge in [-0.15, -0.1) is 15.3 Å². The van der Waals surface area contributed by atoms with Crippen molar-refractivity contribution in [2.75, 3.05) is 0 Å². The van der Waals surface area contributed by atoms with Gasteiger partial charge < -0.3 is 0 Å². The quantitative estimate of drug-likeness (QED) is 0.137. The van der Waals surface area contributed by atoms with Crippen molar-refractivity contribution in [1.82, 2.24) is 101 Å². The van der Waals surface area contributed by atoms with Gasteiger partial charge in [0.15, 0.2) is 0 Å². The average molecular weight is 1140 g/mol. The van der Waals surface area contributed by atoms with E-state index >= 15 is 0 Å². The lowest BCUT2D eigenvalue weighted by atomic mass is 10.2. The third kappa shape index (κ3) is 88.2. The zero-order chi connectivity index (χ0) is 64.0. The van der Waals surface area contributed by atoms with Gasteiger partial charge in [-0.3, -0.25) is 9.97 Å². The summed E-state index contributed by atoms with van der Waals surface area (Å²) in [5, 5.41) is 28.7. The summed E-state index contributed by atoms with van der Waals surface area (Å²) in [7, 11) is 0. The van der Waals surface area contributed by atoms with Crippen LogP contribution in [0, 0.1) is 62.3 Å². The minimum atomic E-state index is 0. The number of aromatic nitrogens is 20. The number of benzene rings is 1. The Morgan fingerprint density at radius 2 is 0.732 bits per heavy atom. The summed E-state index contributed by atoms with van der Waals surface area (Å²) in [4.78, 5) is 45.3. The fourth-order valence-corrected chi connectivity index (χ4v) is 3.22. The van der Waals surface area contributed by atoms with E-state index in [1.165, 1.54) is 43.5 Å². The minimum absolute atomic E-state index is 0. The Bertz CT molecular complexity index is 1770. The van der Waals surface area contributed by atoms with Gasteiger partial charge in [0.1, 0.15) is 49.6 Å². The smallest absolute Gasteiger partial charge is 0.147 e. The molecule has 0 radical (unpaired) electrons. The van der Waals surface area contributed by atoms with Gasteiger partial charge in [0.25, 0.3) is 0 Å². The second-order valence-corrected chi connectivity index (χ2v) is 12.1. The molecule has 0 saturated heterocycles. The van der Waals surface area contributed by atoms with Gasteiger partial charge in [0, 0.05) is 55.3 Å². The summed E-state index contributed by atoms with van der Waals surface area (Å²) >= 11 is 0. The standard InChI is InChI=1S/C7H8.4C5H6N2.4C4H5N3.9C2H6.CH4/c1-7-5-3-2-4-6-7;1-5-2-6-4-7-3-5;1-5-4-6-2-3-7-5;1-5-2-3-6-4-7-5;1-5-2-3-6-7-4-5;1-4-6-2-5-3-7-4;1-4-2-6-7-3-5-4;1-4-2-5-3-6-7-4;1-4-5-2-3-6-7-4;9*1-2;/h2-6H,1H3;4*2-4H,1H3;4*2-3H,1H3;9*1-2H3;1H4. The van der Waals surface area contributed by atoms with E-state index in [-0.39, 0.29) is 7.43 Å². The molecule has 20 nitrogen and oxygen atoms in total. The lowest BCUT2D eigenvalue weighted by Crippen LogP contribution is -1.85. The molecule has 0 spiro atoms. The monoisotopic (exact) mass is 1130 g/mol. The molecule has 9 rings (SSSR count). The van der Waals surface area contributed by atoms with Crippen LogP contribution < -0.4 is 0 Å². The van der Waals surface area contributed by atoms with Gasteiger partial charge >= 0.3 is 0 Å². The van der Waals surface area contributed by atoms with Crippen LogP contribution in [0.4, 0.5) is 0 Å². The van der Waals surface area contributed by atoms with Crippen LogP contribution in [0.5, 0.6) is 0 Å². The van der Waals surface area contributed by atoms with Gasteiger partial charge in [-0.1, -0.05) is 168 Å². The summed E-state index contributed by atoms with van der Waals surface area (Å²) in [5.41, 5.74) is 7.29. The zero-order valence-electron chi connectivity index (χ0n) is 54.9. The minimum Gasteiger partial charge on any atom is -0.261 e. The lowest BCUT2D eigenvalue weighted by molar-refractivity contribution is 0.907. The van der Waals surface area contributed by atoms with Gasteiger partial charge in [-0.05, 0) is 85.6 Å². The van der Waals surface area contributed by atoms with E-state index in [9.17, 15) is 0 Å². The first-order valence-corrected chi connectivity index (χ1v) is 27.8. The summed E-state index contributed by atoms with van der Waals surface area (Å²) in [6, 6.07) is 14.0. The molecule has 20 heteroatoms. The molecule has 0 bridgehead atoms. The Hall–Kier alpha value is -8.42. The van der Waals surface area contributed by atoms with Gasteiger partial charge in [0.2, 0.25) is 0 Å². The van der Waals surface area contributed by atoms with Crippen LogP contribution in [0.25, 0.3) is 0 Å². The van der Waals surface area contributed by atoms with Gasteiger partial charge in [0.05, 0.1) is 41.9 Å². The lowest BCUT2D eigenvalue weighted by Gasteiger charge is -1.82. The van der Waals surface area contributed by atoms with Crippen molar-refractivity contribution in [3.63, 3.8) is 0 Å². The molecule has 0 N–H and O–H groups in total. The zero-order valence-corrected chi connectivity index (χ0v) is 54.9. The van der Waals surface area contributed by atoms with Crippen LogP contribution in [-0.2, 0) is 0 Å². The number of hydrogen-bond donors (Lipinski definition) is 0. The molecule has 0 aliphatic heterocycles. The van der Waals surface area contributed by atoms with Gasteiger partial charge in [-0.2, -0.15) is 25.5 Å². The molecule has 8 heterocycles. The van der Waals surface area contributed by atoms with Crippen LogP contribution in [-0.4, -0.2) is 101 Å². The van der Waals surface area contributed by atoms with E-state index in [0.717, 1.165) is 39.7 Å². The van der Waals surface area contributed by atoms with Crippen molar-refractivity contribution in [3.8, 4) is 0 Å². The third-order valence-electron chi connectivity index (χ3n) is 6.22. The van der Waals surface area contributed by atoms with E-state index < -0.39 is 0 Å². The Kier molecular flexibility index (Phi) is 108. The predicted octanol–water partition coefficient (Wildman–Crippen LogP) is 15.7. The molecule has 9 aromatic rings. The molecule has 8 aromatic heterocycles. The molecule has 0 amide bonds. The SMILES string of the molecule is C.CC.CC.CC.CC.CC.CC.CC.CC.CC.Cc1ccccc1.Cc1ccncn1.Cc1ccnnc1.Cc1cnccn1.Cc1cncnc1.Cc1cncnn1.Cc1cnncn1.Cc1nccnn1.Cc1ncncn1. The maximum absolute atomic E-state index is 3.92. The van der Waals surface area contributed by atoms with E-state index in [0.29, 0.717) is 5.82 Å². The van der Waals surface area contributed by atoms with E-state index in [2.05, 4.69) is 120 Å². The fraction of sp³-hybridized carbons (Fsp3) is 0.452. The number of rotatable bonds is 0. The summed E-state index contributed by atoms with van der Waals surface area (Å²) in [5.74, 6) is 1.47. The van der Waals surface area contributed by atoms with Crippen LogP contribution in [0.15, 0.2) is 155 Å². The second-order valence-electron chi connectivity index (χ2n) is 12.1. The van der Waals surface area contributed by atoms with Crippen molar-refractivity contribution in [2.24, 2.45) is 0 Å². The normalized spacial score (nSPS) is 7.35. The van der Waals surface area contributed by atoms with Crippen molar-refractivity contribution in [2.45, 2.75) is 194 Å². The summed E-state index contributed by atoms with van der Waals surface area (Å²) < 4.78 is 0. The molecule has 0 aliphatic rings. The van der Waals surface area contributed by atoms with Crippen LogP contribution in [0.3, 0.4) is 0 Å². The second kappa shape index (κ2) is 92.0.